The Morgan fingerprint density at radius 1 is 1.40 bits per heavy atom. The molecule has 84 valence electrons. The third-order valence-electron chi connectivity index (χ3n) is 3.11. The van der Waals surface area contributed by atoms with Crippen LogP contribution in [0, 0.1) is 0 Å². The van der Waals surface area contributed by atoms with Crippen LogP contribution in [0.4, 0.5) is 0 Å². The third kappa shape index (κ3) is 2.28. The fourth-order valence-corrected chi connectivity index (χ4v) is 2.30. The summed E-state index contributed by atoms with van der Waals surface area (Å²) in [7, 11) is 2.06. The maximum Gasteiger partial charge on any atom is 0.242 e. The molecule has 2 aliphatic heterocycles. The predicted molar refractivity (Wildman–Crippen MR) is 55.2 cm³/mol. The fourth-order valence-electron chi connectivity index (χ4n) is 2.30. The van der Waals surface area contributed by atoms with Crippen LogP contribution in [0.2, 0.25) is 0 Å². The van der Waals surface area contributed by atoms with Crippen molar-refractivity contribution in [3.05, 3.63) is 0 Å². The standard InChI is InChI=1S/C10H17N3O2/c1-12-4-2-3-8(6-12)13-7-9(14)11-5-10(13)15/h8H,2-7H2,1H3,(H,11,14). The minimum Gasteiger partial charge on any atom is -0.345 e. The molecule has 2 aliphatic rings. The molecule has 0 aliphatic carbocycles. The van der Waals surface area contributed by atoms with E-state index in [4.69, 9.17) is 0 Å². The van der Waals surface area contributed by atoms with Crippen LogP contribution in [-0.4, -0.2) is 60.9 Å². The molecule has 0 aromatic rings. The fraction of sp³-hybridized carbons (Fsp3) is 0.800. The van der Waals surface area contributed by atoms with Crippen LogP contribution in [0.1, 0.15) is 12.8 Å². The number of piperazine rings is 1. The number of rotatable bonds is 1. The van der Waals surface area contributed by atoms with Crippen molar-refractivity contribution in [2.24, 2.45) is 0 Å². The lowest BCUT2D eigenvalue weighted by Crippen LogP contribution is -2.58. The van der Waals surface area contributed by atoms with Crippen LogP contribution in [-0.2, 0) is 9.59 Å². The molecular weight excluding hydrogens is 194 g/mol. The average molecular weight is 211 g/mol. The summed E-state index contributed by atoms with van der Waals surface area (Å²) >= 11 is 0. The van der Waals surface area contributed by atoms with Gasteiger partial charge in [-0.1, -0.05) is 0 Å². The number of hydrogen-bond donors (Lipinski definition) is 1. The maximum atomic E-state index is 11.6. The Hall–Kier alpha value is -1.10. The van der Waals surface area contributed by atoms with Gasteiger partial charge in [-0.3, -0.25) is 9.59 Å². The highest BCUT2D eigenvalue weighted by molar-refractivity contribution is 5.92. The van der Waals surface area contributed by atoms with Crippen LogP contribution < -0.4 is 5.32 Å². The summed E-state index contributed by atoms with van der Waals surface area (Å²) in [5.74, 6) is 0.0118. The number of amides is 2. The van der Waals surface area contributed by atoms with Gasteiger partial charge >= 0.3 is 0 Å². The molecule has 2 fully saturated rings. The molecule has 15 heavy (non-hydrogen) atoms. The molecule has 0 saturated carbocycles. The van der Waals surface area contributed by atoms with Crippen LogP contribution in [0.25, 0.3) is 0 Å². The van der Waals surface area contributed by atoms with E-state index in [0.29, 0.717) is 0 Å². The van der Waals surface area contributed by atoms with Crippen LogP contribution in [0.3, 0.4) is 0 Å². The summed E-state index contributed by atoms with van der Waals surface area (Å²) in [4.78, 5) is 26.8. The molecule has 2 heterocycles. The minimum atomic E-state index is -0.0390. The molecule has 0 spiro atoms. The summed E-state index contributed by atoms with van der Waals surface area (Å²) in [5, 5.41) is 2.57. The highest BCUT2D eigenvalue weighted by Gasteiger charge is 2.31. The molecule has 0 radical (unpaired) electrons. The Balaban J connectivity index is 2.01. The first-order chi connectivity index (χ1) is 7.16. The quantitative estimate of drug-likeness (QED) is 0.608. The van der Waals surface area contributed by atoms with Crippen LogP contribution in [0.5, 0.6) is 0 Å². The zero-order valence-corrected chi connectivity index (χ0v) is 9.03. The molecule has 1 atom stereocenters. The van der Waals surface area contributed by atoms with Crippen LogP contribution in [0.15, 0.2) is 0 Å². The van der Waals surface area contributed by atoms with E-state index in [2.05, 4.69) is 17.3 Å². The van der Waals surface area contributed by atoms with E-state index in [1.807, 2.05) is 0 Å². The van der Waals surface area contributed by atoms with Gasteiger partial charge in [-0.2, -0.15) is 0 Å². The highest BCUT2D eigenvalue weighted by atomic mass is 16.2. The van der Waals surface area contributed by atoms with Crippen molar-refractivity contribution in [3.63, 3.8) is 0 Å². The lowest BCUT2D eigenvalue weighted by Gasteiger charge is -2.39. The summed E-state index contributed by atoms with van der Waals surface area (Å²) < 4.78 is 0. The number of nitrogens with zero attached hydrogens (tertiary/aromatic N) is 2. The van der Waals surface area contributed by atoms with Crippen molar-refractivity contribution in [1.82, 2.24) is 15.1 Å². The van der Waals surface area contributed by atoms with E-state index >= 15 is 0 Å². The smallest absolute Gasteiger partial charge is 0.242 e. The number of likely N-dealkylation sites (tertiary alicyclic amines) is 1. The van der Waals surface area contributed by atoms with Gasteiger partial charge in [0.05, 0.1) is 13.1 Å². The van der Waals surface area contributed by atoms with E-state index in [0.717, 1.165) is 25.9 Å². The number of hydrogen-bond acceptors (Lipinski definition) is 3. The normalized spacial score (nSPS) is 29.1. The number of carbonyl (C=O) groups excluding carboxylic acids is 2. The third-order valence-corrected chi connectivity index (χ3v) is 3.11. The first-order valence-corrected chi connectivity index (χ1v) is 5.41. The molecule has 2 saturated heterocycles. The Labute approximate surface area is 89.4 Å². The summed E-state index contributed by atoms with van der Waals surface area (Å²) in [6.07, 6.45) is 2.12. The number of carbonyl (C=O) groups is 2. The number of nitrogens with one attached hydrogen (secondary N) is 1. The number of piperidine rings is 1. The largest absolute Gasteiger partial charge is 0.345 e. The van der Waals surface area contributed by atoms with Gasteiger partial charge in [0.15, 0.2) is 0 Å². The average Bonchev–Trinajstić information content (AvgIpc) is 2.22. The Kier molecular flexibility index (Phi) is 2.90. The summed E-state index contributed by atoms with van der Waals surface area (Å²) in [6.45, 7) is 2.38. The van der Waals surface area contributed by atoms with Gasteiger partial charge in [-0.15, -0.1) is 0 Å². The molecule has 5 nitrogen and oxygen atoms in total. The van der Waals surface area contributed by atoms with Gasteiger partial charge in [0.1, 0.15) is 0 Å². The number of likely N-dealkylation sites (N-methyl/N-ethyl adjacent to an activating group) is 1. The van der Waals surface area contributed by atoms with E-state index in [-0.39, 0.29) is 30.9 Å². The van der Waals surface area contributed by atoms with Gasteiger partial charge in [0, 0.05) is 12.6 Å². The van der Waals surface area contributed by atoms with Gasteiger partial charge in [0.2, 0.25) is 11.8 Å². The van der Waals surface area contributed by atoms with Crippen LogP contribution >= 0.6 is 0 Å². The molecule has 2 rings (SSSR count). The first-order valence-electron chi connectivity index (χ1n) is 5.41. The Morgan fingerprint density at radius 3 is 2.93 bits per heavy atom. The second-order valence-electron chi connectivity index (χ2n) is 4.36. The maximum absolute atomic E-state index is 11.6. The van der Waals surface area contributed by atoms with E-state index in [9.17, 15) is 9.59 Å². The minimum absolute atomic E-state index is 0.0390. The predicted octanol–water partition coefficient (Wildman–Crippen LogP) is -0.961. The van der Waals surface area contributed by atoms with E-state index < -0.39 is 0 Å². The van der Waals surface area contributed by atoms with Crippen molar-refractivity contribution in [2.75, 3.05) is 33.2 Å². The Bertz CT molecular complexity index is 280. The first kappa shape index (κ1) is 10.4. The molecule has 0 bridgehead atoms. The van der Waals surface area contributed by atoms with Gasteiger partial charge in [0.25, 0.3) is 0 Å². The molecule has 5 heteroatoms. The summed E-state index contributed by atoms with van der Waals surface area (Å²) in [6, 6.07) is 0.224. The van der Waals surface area contributed by atoms with Gasteiger partial charge in [-0.05, 0) is 26.4 Å². The highest BCUT2D eigenvalue weighted by Crippen LogP contribution is 2.15. The lowest BCUT2D eigenvalue weighted by atomic mass is 10.0. The molecule has 0 aromatic heterocycles. The zero-order chi connectivity index (χ0) is 10.8. The van der Waals surface area contributed by atoms with Crippen molar-refractivity contribution in [2.45, 2.75) is 18.9 Å². The monoisotopic (exact) mass is 211 g/mol. The summed E-state index contributed by atoms with van der Waals surface area (Å²) in [5.41, 5.74) is 0. The molecule has 0 aromatic carbocycles. The van der Waals surface area contributed by atoms with Crippen molar-refractivity contribution < 1.29 is 9.59 Å². The second kappa shape index (κ2) is 4.18. The molecule has 1 N–H and O–H groups in total. The van der Waals surface area contributed by atoms with Gasteiger partial charge < -0.3 is 15.1 Å². The topological polar surface area (TPSA) is 52.6 Å². The molecule has 1 unspecified atom stereocenters. The zero-order valence-electron chi connectivity index (χ0n) is 9.03. The van der Waals surface area contributed by atoms with Crippen molar-refractivity contribution in [3.8, 4) is 0 Å². The Morgan fingerprint density at radius 2 is 2.20 bits per heavy atom. The van der Waals surface area contributed by atoms with Gasteiger partial charge in [-0.25, -0.2) is 0 Å². The molecular formula is C10H17N3O2. The SMILES string of the molecule is CN1CCCC(N2CC(=O)NCC2=O)C1. The lowest BCUT2D eigenvalue weighted by molar-refractivity contribution is -0.143. The molecule has 2 amide bonds. The van der Waals surface area contributed by atoms with Crippen molar-refractivity contribution >= 4 is 11.8 Å². The second-order valence-corrected chi connectivity index (χ2v) is 4.36. The van der Waals surface area contributed by atoms with Crippen molar-refractivity contribution in [1.29, 1.82) is 0 Å². The van der Waals surface area contributed by atoms with E-state index in [1.165, 1.54) is 0 Å². The van der Waals surface area contributed by atoms with E-state index in [1.54, 1.807) is 4.90 Å².